The minimum atomic E-state index is -2.04. The summed E-state index contributed by atoms with van der Waals surface area (Å²) in [4.78, 5) is 69.0. The first-order chi connectivity index (χ1) is 39.3. The van der Waals surface area contributed by atoms with Crippen LogP contribution in [0.4, 0.5) is 26.2 Å². The van der Waals surface area contributed by atoms with Crippen molar-refractivity contribution < 1.29 is 77.6 Å². The molecule has 6 aliphatic rings. The number of benzene rings is 3. The molecular weight excluding hydrogens is 1100 g/mol. The van der Waals surface area contributed by atoms with Gasteiger partial charge in [0.2, 0.25) is 5.91 Å². The van der Waals surface area contributed by atoms with Crippen LogP contribution >= 0.6 is 11.8 Å². The van der Waals surface area contributed by atoms with E-state index in [4.69, 9.17) is 23.7 Å². The summed E-state index contributed by atoms with van der Waals surface area (Å²) in [5.41, 5.74) is 0.691. The summed E-state index contributed by atoms with van der Waals surface area (Å²) in [7, 11) is 3.42. The number of Topliss-reactive ketones (excluding diaryl/α,β-unsaturated/α-hetero) is 1. The molecule has 3 amide bonds. The number of cyclic esters (lactones) is 1. The lowest BCUT2D eigenvalue weighted by molar-refractivity contribution is -0.160. The molecule has 0 saturated carbocycles. The number of nitrogens with zero attached hydrogens (tertiary/aromatic N) is 5. The predicted octanol–water partition coefficient (Wildman–Crippen LogP) is 6.18. The largest absolute Gasteiger partial charge is 0.507 e. The molecule has 24 heteroatoms. The molecule has 0 aromatic heterocycles. The average molecular weight is 1180 g/mol. The van der Waals surface area contributed by atoms with Crippen LogP contribution in [0.3, 0.4) is 0 Å². The molecule has 0 spiro atoms. The molecule has 6 heterocycles. The molecule has 0 aliphatic carbocycles. The lowest BCUT2D eigenvalue weighted by Gasteiger charge is -2.38. The molecule has 3 aromatic rings. The maximum atomic E-state index is 14.5. The van der Waals surface area contributed by atoms with Gasteiger partial charge < -0.3 is 69.7 Å². The number of halogens is 1. The molecule has 0 radical (unpaired) electrons. The van der Waals surface area contributed by atoms with Crippen LogP contribution in [-0.2, 0) is 33.3 Å². The maximum absolute atomic E-state index is 14.5. The van der Waals surface area contributed by atoms with Gasteiger partial charge in [-0.15, -0.1) is 0 Å². The van der Waals surface area contributed by atoms with E-state index in [1.807, 2.05) is 23.7 Å². The molecular formula is C59H78FN7O15S. The zero-order valence-electron chi connectivity index (χ0n) is 48.8. The Kier molecular flexibility index (Phi) is 20.7. The Labute approximate surface area is 486 Å². The first-order valence-electron chi connectivity index (χ1n) is 27.7. The number of hydrogen-bond acceptors (Lipinski definition) is 20. The molecule has 22 nitrogen and oxygen atoms in total. The maximum Gasteiger partial charge on any atom is 0.414 e. The van der Waals surface area contributed by atoms with E-state index in [9.17, 15) is 53.9 Å². The van der Waals surface area contributed by atoms with E-state index in [2.05, 4.69) is 20.6 Å². The summed E-state index contributed by atoms with van der Waals surface area (Å²) in [6.45, 7) is 18.7. The number of carbonyl (C=O) groups excluding carboxylic acids is 5. The number of ketones is 1. The second-order valence-electron chi connectivity index (χ2n) is 21.9. The van der Waals surface area contributed by atoms with E-state index >= 15 is 0 Å². The van der Waals surface area contributed by atoms with Gasteiger partial charge in [-0.05, 0) is 45.2 Å². The van der Waals surface area contributed by atoms with Gasteiger partial charge in [0.05, 0.1) is 77.5 Å². The van der Waals surface area contributed by atoms with Gasteiger partial charge in [-0.25, -0.2) is 9.18 Å². The second-order valence-corrected chi connectivity index (χ2v) is 23.1. The van der Waals surface area contributed by atoms with Gasteiger partial charge in [-0.3, -0.25) is 29.1 Å². The molecule has 3 saturated heterocycles. The number of hydrogen-bond donors (Lipinski definition) is 7. The highest BCUT2D eigenvalue weighted by Crippen LogP contribution is 2.55. The topological polar surface area (TPSA) is 282 Å². The molecule has 3 aromatic carbocycles. The van der Waals surface area contributed by atoms with E-state index in [0.29, 0.717) is 24.5 Å². The van der Waals surface area contributed by atoms with Gasteiger partial charge >= 0.3 is 17.8 Å². The van der Waals surface area contributed by atoms with Crippen LogP contribution in [-0.4, -0.2) is 186 Å². The number of allylic oxidation sites excluding steroid dienone is 2. The van der Waals surface area contributed by atoms with E-state index in [1.54, 1.807) is 57.0 Å². The molecule has 7 N–H and O–H groups in total. The number of nitrogens with one attached hydrogen (secondary N) is 2. The first kappa shape index (κ1) is 63.5. The second kappa shape index (κ2) is 27.1. The van der Waals surface area contributed by atoms with Gasteiger partial charge in [0.1, 0.15) is 35.3 Å². The molecule has 83 heavy (non-hydrogen) atoms. The third-order valence-corrected chi connectivity index (χ3v) is 16.9. The number of hydrazone groups is 1. The zero-order chi connectivity index (χ0) is 60.8. The average Bonchev–Trinajstić information content (AvgIpc) is 1.94. The number of aliphatic hydroxyl groups is 2. The van der Waals surface area contributed by atoms with Crippen molar-refractivity contribution in [2.75, 3.05) is 93.1 Å². The Bertz CT molecular complexity index is 3050. The van der Waals surface area contributed by atoms with Crippen molar-refractivity contribution in [3.63, 3.8) is 0 Å². The van der Waals surface area contributed by atoms with Crippen molar-refractivity contribution in [3.8, 4) is 23.0 Å². The van der Waals surface area contributed by atoms with Gasteiger partial charge in [-0.2, -0.15) is 16.9 Å². The van der Waals surface area contributed by atoms with Crippen LogP contribution in [0, 0.1) is 36.4 Å². The number of fused-ring (bicyclic) bond motifs is 14. The predicted molar refractivity (Wildman–Crippen MR) is 313 cm³/mol. The monoisotopic (exact) mass is 1180 g/mol. The van der Waals surface area contributed by atoms with Crippen LogP contribution in [0.15, 0.2) is 59.4 Å². The Hall–Kier alpha value is -7.12. The molecule has 6 aliphatic heterocycles. The number of anilines is 3. The summed E-state index contributed by atoms with van der Waals surface area (Å²) in [5.74, 6) is -6.88. The fourth-order valence-corrected chi connectivity index (χ4v) is 11.6. The number of piperazine rings is 1. The van der Waals surface area contributed by atoms with E-state index in [-0.39, 0.29) is 69.3 Å². The Morgan fingerprint density at radius 2 is 1.61 bits per heavy atom. The molecule has 10 atom stereocenters. The number of phenolic OH excluding ortho intramolecular Hbond substituents is 3. The normalized spacial score (nSPS) is 28.8. The number of carbonyl (C=O) groups is 5. The molecule has 9 rings (SSSR count). The lowest BCUT2D eigenvalue weighted by Crippen LogP contribution is -2.46. The number of likely N-dealkylation sites (N-methyl/N-ethyl adjacent to an activating group) is 1. The standard InChI is InChI=1S/C43H58N4O12.C16H20FN3O3S/c1-21-12-11-13-22(2)42(55)45-33-28(20-44-47-17-15-46(9)16-18-47)37(52)30-31(38(33)53)36(51)26(6)40-32(30)41(54)43(8,59-40)57-19-14-29(56-10)23(3)39(58-27(7)48)25(5)35(50)24(4)34(21)49;1-11(21)18-9-13-10-20(16(22)23-13)12-2-3-15(14(17)8-12)19-4-6-24-7-5-19/h11-14,19-21,23-25,29,34-35,39,49-53H,15-18H2,1-10H3,(H,45,55);2-3,8,13H,4-7,9-10H2,1H3,(H,18,21)/b12-11+,19-14+,22-13-,44-20+;/t21-,23+,24+,25+,29-,34-,35+,39+,43-;13-/m00/s1. The number of amides is 3. The van der Waals surface area contributed by atoms with Crippen molar-refractivity contribution in [2.24, 2.45) is 28.8 Å². The van der Waals surface area contributed by atoms with Gasteiger partial charge in [0.15, 0.2) is 5.75 Å². The van der Waals surface area contributed by atoms with Crippen LogP contribution in [0.2, 0.25) is 0 Å². The quantitative estimate of drug-likeness (QED) is 0.0574. The minimum Gasteiger partial charge on any atom is -0.507 e. The zero-order valence-corrected chi connectivity index (χ0v) is 49.6. The Morgan fingerprint density at radius 3 is 2.25 bits per heavy atom. The number of rotatable bonds is 8. The third kappa shape index (κ3) is 14.1. The van der Waals surface area contributed by atoms with E-state index < -0.39 is 101 Å². The SMILES string of the molecule is CC(=O)NC[C@H]1CN(c2ccc(N3CCSCC3)c(F)c2)C(=O)O1.CO[C@H]1/C=C/O[C@@]2(C)Oc3c(C)c(O)c4c(O)c(c(/C=N/N5CCN(C)CC5)c(O)c4c3C2=O)NC(=O)/C(C)=C\C=C\[C@H](C)[C@H](O)[C@@H](C)[C@@H](O)[C@@H](C)[C@H](OC(C)=O)[C@@H]1C. The molecule has 5 bridgehead atoms. The highest BCUT2D eigenvalue weighted by molar-refractivity contribution is 7.99. The highest BCUT2D eigenvalue weighted by atomic mass is 32.2. The summed E-state index contributed by atoms with van der Waals surface area (Å²) in [6, 6.07) is 4.83. The smallest absolute Gasteiger partial charge is 0.414 e. The summed E-state index contributed by atoms with van der Waals surface area (Å²) in [5, 5.41) is 69.5. The number of thioether (sulfide) groups is 1. The lowest BCUT2D eigenvalue weighted by atomic mass is 9.78. The van der Waals surface area contributed by atoms with E-state index in [0.717, 1.165) is 37.7 Å². The van der Waals surface area contributed by atoms with Crippen molar-refractivity contribution in [3.05, 3.63) is 76.8 Å². The van der Waals surface area contributed by atoms with E-state index in [1.165, 1.54) is 77.3 Å². The number of phenols is 3. The number of aromatic hydroxyl groups is 3. The third-order valence-electron chi connectivity index (χ3n) is 15.9. The molecule has 452 valence electrons. The fourth-order valence-electron chi connectivity index (χ4n) is 10.7. The Balaban J connectivity index is 0.000000341. The molecule has 3 fully saturated rings. The van der Waals surface area contributed by atoms with Gasteiger partial charge in [0, 0.05) is 119 Å². The summed E-state index contributed by atoms with van der Waals surface area (Å²) in [6.07, 6.45) is 3.91. The van der Waals surface area contributed by atoms with Crippen LogP contribution in [0.5, 0.6) is 23.0 Å². The van der Waals surface area contributed by atoms with Crippen molar-refractivity contribution in [1.82, 2.24) is 15.2 Å². The van der Waals surface area contributed by atoms with Crippen molar-refractivity contribution in [2.45, 2.75) is 98.6 Å². The van der Waals surface area contributed by atoms with Crippen LogP contribution in [0.1, 0.15) is 76.9 Å². The summed E-state index contributed by atoms with van der Waals surface area (Å²) >= 11 is 1.87. The highest BCUT2D eigenvalue weighted by Gasteiger charge is 2.50. The Morgan fingerprint density at radius 1 is 0.928 bits per heavy atom. The van der Waals surface area contributed by atoms with Gasteiger partial charge in [0.25, 0.3) is 11.7 Å². The van der Waals surface area contributed by atoms with Crippen molar-refractivity contribution in [1.29, 1.82) is 0 Å². The summed E-state index contributed by atoms with van der Waals surface area (Å²) < 4.78 is 43.3. The molecule has 0 unspecified atom stereocenters. The number of esters is 1. The van der Waals surface area contributed by atoms with Crippen LogP contribution < -0.4 is 25.2 Å². The van der Waals surface area contributed by atoms with Crippen molar-refractivity contribution >= 4 is 75.5 Å². The number of ether oxygens (including phenoxy) is 5. The fraction of sp³-hybridized carbons (Fsp3) is 0.525. The first-order valence-corrected chi connectivity index (χ1v) is 28.8. The van der Waals surface area contributed by atoms with Gasteiger partial charge in [-0.1, -0.05) is 45.9 Å². The van der Waals surface area contributed by atoms with Crippen LogP contribution in [0.25, 0.3) is 10.8 Å². The minimum absolute atomic E-state index is 0.0559. The number of aliphatic hydroxyl groups excluding tert-OH is 2. The number of methoxy groups -OCH3 is 1.